The Bertz CT molecular complexity index is 214. The summed E-state index contributed by atoms with van der Waals surface area (Å²) in [5.74, 6) is -0.577. The molecule has 0 amide bonds. The molecule has 0 aliphatic heterocycles. The highest BCUT2D eigenvalue weighted by Crippen LogP contribution is 2.30. The van der Waals surface area contributed by atoms with Crippen LogP contribution in [0.25, 0.3) is 0 Å². The van der Waals surface area contributed by atoms with Crippen LogP contribution in [0.15, 0.2) is 6.07 Å². The zero-order valence-electron chi connectivity index (χ0n) is 4.67. The number of aromatic nitrogens is 1. The average molecular weight is 180 g/mol. The van der Waals surface area contributed by atoms with Crippen LogP contribution in [0.5, 0.6) is 11.5 Å². The molecule has 0 saturated heterocycles. The lowest BCUT2D eigenvalue weighted by Crippen LogP contribution is -1.77. The third-order valence-corrected chi connectivity index (χ3v) is 1.45. The van der Waals surface area contributed by atoms with E-state index < -0.39 is 0 Å². The SMILES string of the molecule is Oc1cc(O)c(Cl)nc1Cl. The van der Waals surface area contributed by atoms with Gasteiger partial charge in [-0.25, -0.2) is 4.98 Å². The van der Waals surface area contributed by atoms with Crippen LogP contribution in [0.4, 0.5) is 0 Å². The van der Waals surface area contributed by atoms with Crippen molar-refractivity contribution < 1.29 is 10.2 Å². The minimum atomic E-state index is -0.288. The minimum Gasteiger partial charge on any atom is -0.505 e. The fourth-order valence-corrected chi connectivity index (χ4v) is 0.771. The highest BCUT2D eigenvalue weighted by atomic mass is 35.5. The van der Waals surface area contributed by atoms with Crippen LogP contribution in [-0.2, 0) is 0 Å². The molecule has 0 unspecified atom stereocenters. The van der Waals surface area contributed by atoms with E-state index in [-0.39, 0.29) is 21.8 Å². The third kappa shape index (κ3) is 1.25. The topological polar surface area (TPSA) is 53.4 Å². The monoisotopic (exact) mass is 179 g/mol. The fraction of sp³-hybridized carbons (Fsp3) is 0. The summed E-state index contributed by atoms with van der Waals surface area (Å²) in [6.45, 7) is 0. The Hall–Kier alpha value is -0.670. The normalized spacial score (nSPS) is 9.80. The molecular weight excluding hydrogens is 177 g/mol. The summed E-state index contributed by atoms with van der Waals surface area (Å²) in [5, 5.41) is 17.4. The first-order chi connectivity index (χ1) is 4.61. The van der Waals surface area contributed by atoms with Crippen molar-refractivity contribution in [3.05, 3.63) is 16.4 Å². The van der Waals surface area contributed by atoms with Crippen molar-refractivity contribution in [2.24, 2.45) is 0 Å². The Balaban J connectivity index is 3.28. The average Bonchev–Trinajstić information content (AvgIpc) is 1.84. The summed E-state index contributed by atoms with van der Waals surface area (Å²) >= 11 is 10.7. The maximum absolute atomic E-state index is 8.81. The van der Waals surface area contributed by atoms with E-state index in [1.54, 1.807) is 0 Å². The molecule has 3 nitrogen and oxygen atoms in total. The van der Waals surface area contributed by atoms with Crippen LogP contribution >= 0.6 is 23.2 Å². The molecule has 0 aliphatic rings. The van der Waals surface area contributed by atoms with Gasteiger partial charge < -0.3 is 10.2 Å². The third-order valence-electron chi connectivity index (χ3n) is 0.892. The lowest BCUT2D eigenvalue weighted by atomic mass is 10.4. The van der Waals surface area contributed by atoms with E-state index in [9.17, 15) is 0 Å². The highest BCUT2D eigenvalue weighted by Gasteiger charge is 2.05. The molecule has 0 aromatic carbocycles. The van der Waals surface area contributed by atoms with Crippen LogP contribution in [0.3, 0.4) is 0 Å². The first kappa shape index (κ1) is 7.44. The zero-order valence-corrected chi connectivity index (χ0v) is 6.19. The van der Waals surface area contributed by atoms with Crippen molar-refractivity contribution in [1.82, 2.24) is 4.98 Å². The Morgan fingerprint density at radius 3 is 1.80 bits per heavy atom. The molecule has 10 heavy (non-hydrogen) atoms. The number of hydrogen-bond acceptors (Lipinski definition) is 3. The number of rotatable bonds is 0. The van der Waals surface area contributed by atoms with Gasteiger partial charge in [0, 0.05) is 6.07 Å². The van der Waals surface area contributed by atoms with Crippen molar-refractivity contribution in [1.29, 1.82) is 0 Å². The standard InChI is InChI=1S/C5H3Cl2NO2/c6-4-2(9)1-3(10)5(7)8-4/h1,9-10H. The van der Waals surface area contributed by atoms with Crippen molar-refractivity contribution in [3.8, 4) is 11.5 Å². The molecule has 1 rings (SSSR count). The second-order valence-corrected chi connectivity index (χ2v) is 2.32. The van der Waals surface area contributed by atoms with Gasteiger partial charge in [-0.1, -0.05) is 23.2 Å². The molecule has 2 N–H and O–H groups in total. The van der Waals surface area contributed by atoms with Crippen LogP contribution in [0, 0.1) is 0 Å². The van der Waals surface area contributed by atoms with Crippen LogP contribution < -0.4 is 0 Å². The Morgan fingerprint density at radius 1 is 1.10 bits per heavy atom. The van der Waals surface area contributed by atoms with E-state index in [0.29, 0.717) is 0 Å². The van der Waals surface area contributed by atoms with E-state index in [4.69, 9.17) is 33.4 Å². The number of pyridine rings is 1. The molecule has 0 fully saturated rings. The van der Waals surface area contributed by atoms with Crippen LogP contribution in [0.2, 0.25) is 10.3 Å². The highest BCUT2D eigenvalue weighted by molar-refractivity contribution is 6.34. The summed E-state index contributed by atoms with van der Waals surface area (Å²) in [6, 6.07) is 1.03. The van der Waals surface area contributed by atoms with Gasteiger partial charge >= 0.3 is 0 Å². The van der Waals surface area contributed by atoms with Gasteiger partial charge in [-0.15, -0.1) is 0 Å². The molecule has 54 valence electrons. The molecule has 1 aromatic rings. The predicted molar refractivity (Wildman–Crippen MR) is 37.6 cm³/mol. The van der Waals surface area contributed by atoms with Gasteiger partial charge in [0.1, 0.15) is 0 Å². The van der Waals surface area contributed by atoms with E-state index in [2.05, 4.69) is 4.98 Å². The first-order valence-electron chi connectivity index (χ1n) is 2.35. The first-order valence-corrected chi connectivity index (χ1v) is 3.11. The van der Waals surface area contributed by atoms with E-state index in [1.165, 1.54) is 0 Å². The molecule has 0 radical (unpaired) electrons. The summed E-state index contributed by atoms with van der Waals surface area (Å²) in [5.41, 5.74) is 0. The molecular formula is C5H3Cl2NO2. The molecule has 1 heterocycles. The molecule has 0 aliphatic carbocycles. The van der Waals surface area contributed by atoms with Gasteiger partial charge in [-0.05, 0) is 0 Å². The van der Waals surface area contributed by atoms with E-state index in [1.807, 2.05) is 0 Å². The maximum Gasteiger partial charge on any atom is 0.172 e. The molecule has 0 saturated carbocycles. The summed E-state index contributed by atoms with van der Waals surface area (Å²) in [4.78, 5) is 3.40. The van der Waals surface area contributed by atoms with Gasteiger partial charge in [0.05, 0.1) is 0 Å². The predicted octanol–water partition coefficient (Wildman–Crippen LogP) is 1.80. The number of nitrogens with zero attached hydrogens (tertiary/aromatic N) is 1. The van der Waals surface area contributed by atoms with E-state index in [0.717, 1.165) is 6.07 Å². The molecule has 0 spiro atoms. The van der Waals surface area contributed by atoms with Gasteiger partial charge in [0.2, 0.25) is 0 Å². The molecule has 0 bridgehead atoms. The second kappa shape index (κ2) is 2.52. The number of halogens is 2. The maximum atomic E-state index is 8.81. The summed E-state index contributed by atoms with van der Waals surface area (Å²) in [6.07, 6.45) is 0. The van der Waals surface area contributed by atoms with Crippen LogP contribution in [0.1, 0.15) is 0 Å². The zero-order chi connectivity index (χ0) is 7.72. The quantitative estimate of drug-likeness (QED) is 0.598. The van der Waals surface area contributed by atoms with Crippen LogP contribution in [-0.4, -0.2) is 15.2 Å². The number of hydrogen-bond donors (Lipinski definition) is 2. The van der Waals surface area contributed by atoms with Gasteiger partial charge in [-0.3, -0.25) is 0 Å². The van der Waals surface area contributed by atoms with E-state index >= 15 is 0 Å². The van der Waals surface area contributed by atoms with Gasteiger partial charge in [0.25, 0.3) is 0 Å². The Morgan fingerprint density at radius 2 is 1.50 bits per heavy atom. The fourth-order valence-electron chi connectivity index (χ4n) is 0.449. The molecule has 0 atom stereocenters. The summed E-state index contributed by atoms with van der Waals surface area (Å²) < 4.78 is 0. The number of aromatic hydroxyl groups is 2. The smallest absolute Gasteiger partial charge is 0.172 e. The minimum absolute atomic E-state index is 0.122. The molecule has 5 heteroatoms. The van der Waals surface area contributed by atoms with Gasteiger partial charge in [-0.2, -0.15) is 0 Å². The Kier molecular flexibility index (Phi) is 1.87. The summed E-state index contributed by atoms with van der Waals surface area (Å²) in [7, 11) is 0. The van der Waals surface area contributed by atoms with Crippen molar-refractivity contribution >= 4 is 23.2 Å². The van der Waals surface area contributed by atoms with Gasteiger partial charge in [0.15, 0.2) is 21.8 Å². The van der Waals surface area contributed by atoms with Crippen molar-refractivity contribution in [2.45, 2.75) is 0 Å². The van der Waals surface area contributed by atoms with Crippen molar-refractivity contribution in [3.63, 3.8) is 0 Å². The second-order valence-electron chi connectivity index (χ2n) is 1.61. The molecule has 1 aromatic heterocycles. The largest absolute Gasteiger partial charge is 0.505 e. The lowest BCUT2D eigenvalue weighted by Gasteiger charge is -1.97. The Labute approximate surface area is 66.8 Å². The lowest BCUT2D eigenvalue weighted by molar-refractivity contribution is 0.446. The van der Waals surface area contributed by atoms with Crippen molar-refractivity contribution in [2.75, 3.05) is 0 Å².